The maximum atomic E-state index is 10.7. The maximum absolute atomic E-state index is 10.7. The lowest BCUT2D eigenvalue weighted by atomic mass is 10.2. The molecule has 2 N–H and O–H groups in total. The third-order valence-corrected chi connectivity index (χ3v) is 3.77. The number of piperazine rings is 1. The highest BCUT2D eigenvalue weighted by molar-refractivity contribution is 6.39. The minimum Gasteiger partial charge on any atom is -0.381 e. The normalized spacial score (nSPS) is 16.1. The van der Waals surface area contributed by atoms with Crippen LogP contribution in [0.3, 0.4) is 0 Å². The summed E-state index contributed by atoms with van der Waals surface area (Å²) in [6.07, 6.45) is 0. The smallest absolute Gasteiger partial charge is 0.272 e. The Labute approximate surface area is 127 Å². The van der Waals surface area contributed by atoms with E-state index in [-0.39, 0.29) is 15.7 Å². The van der Waals surface area contributed by atoms with Gasteiger partial charge in [0.1, 0.15) is 0 Å². The lowest BCUT2D eigenvalue weighted by Crippen LogP contribution is -2.45. The van der Waals surface area contributed by atoms with E-state index in [0.29, 0.717) is 12.2 Å². The summed E-state index contributed by atoms with van der Waals surface area (Å²) in [5.74, 6) is 0. The topological polar surface area (TPSA) is 70.4 Å². The first-order valence-electron chi connectivity index (χ1n) is 6.38. The standard InChI is InChI=1S/C12H16Cl2N4O2/c13-10-7-9(18(19)20)8-11(14)12(10)16-3-6-17-4-1-15-2-5-17/h7-8,15-16H,1-6H2. The molecule has 0 amide bonds. The lowest BCUT2D eigenvalue weighted by molar-refractivity contribution is -0.384. The predicted octanol–water partition coefficient (Wildman–Crippen LogP) is 2.22. The molecule has 0 saturated carbocycles. The van der Waals surface area contributed by atoms with Gasteiger partial charge in [-0.1, -0.05) is 23.2 Å². The molecule has 110 valence electrons. The third-order valence-electron chi connectivity index (χ3n) is 3.18. The van der Waals surface area contributed by atoms with Crippen molar-refractivity contribution in [1.29, 1.82) is 0 Å². The average Bonchev–Trinajstić information content (AvgIpc) is 2.42. The predicted molar refractivity (Wildman–Crippen MR) is 80.9 cm³/mol. The Morgan fingerprint density at radius 3 is 2.45 bits per heavy atom. The molecule has 1 heterocycles. The molecule has 0 unspecified atom stereocenters. The van der Waals surface area contributed by atoms with Gasteiger partial charge in [0.15, 0.2) is 0 Å². The summed E-state index contributed by atoms with van der Waals surface area (Å²) in [5.41, 5.74) is 0.446. The number of anilines is 1. The molecule has 0 atom stereocenters. The summed E-state index contributed by atoms with van der Waals surface area (Å²) in [6.45, 7) is 5.60. The fourth-order valence-corrected chi connectivity index (χ4v) is 2.72. The van der Waals surface area contributed by atoms with Crippen molar-refractivity contribution in [2.45, 2.75) is 0 Å². The van der Waals surface area contributed by atoms with Crippen molar-refractivity contribution in [2.75, 3.05) is 44.6 Å². The number of nitrogens with zero attached hydrogens (tertiary/aromatic N) is 2. The van der Waals surface area contributed by atoms with Crippen LogP contribution in [0.15, 0.2) is 12.1 Å². The molecule has 2 rings (SSSR count). The zero-order chi connectivity index (χ0) is 14.5. The van der Waals surface area contributed by atoms with Gasteiger partial charge in [0.25, 0.3) is 5.69 Å². The molecule has 20 heavy (non-hydrogen) atoms. The number of benzene rings is 1. The van der Waals surface area contributed by atoms with Gasteiger partial charge in [0.05, 0.1) is 20.7 Å². The first kappa shape index (κ1) is 15.3. The van der Waals surface area contributed by atoms with Crippen LogP contribution in [-0.4, -0.2) is 49.1 Å². The van der Waals surface area contributed by atoms with Gasteiger partial charge in [-0.25, -0.2) is 0 Å². The van der Waals surface area contributed by atoms with Gasteiger partial charge < -0.3 is 10.6 Å². The van der Waals surface area contributed by atoms with E-state index in [1.54, 1.807) is 0 Å². The minimum atomic E-state index is -0.512. The summed E-state index contributed by atoms with van der Waals surface area (Å²) >= 11 is 12.1. The van der Waals surface area contributed by atoms with Crippen LogP contribution in [0.25, 0.3) is 0 Å². The first-order chi connectivity index (χ1) is 9.58. The fourth-order valence-electron chi connectivity index (χ4n) is 2.11. The number of hydrogen-bond donors (Lipinski definition) is 2. The van der Waals surface area contributed by atoms with E-state index < -0.39 is 4.92 Å². The Hall–Kier alpha value is -1.08. The van der Waals surface area contributed by atoms with Crippen molar-refractivity contribution in [3.8, 4) is 0 Å². The number of nitrogens with one attached hydrogen (secondary N) is 2. The Morgan fingerprint density at radius 2 is 1.90 bits per heavy atom. The Morgan fingerprint density at radius 1 is 1.30 bits per heavy atom. The molecule has 0 bridgehead atoms. The highest BCUT2D eigenvalue weighted by Gasteiger charge is 2.15. The number of nitro benzene ring substituents is 1. The second-order valence-electron chi connectivity index (χ2n) is 4.56. The molecule has 1 aromatic rings. The van der Waals surface area contributed by atoms with E-state index in [2.05, 4.69) is 15.5 Å². The second-order valence-corrected chi connectivity index (χ2v) is 5.37. The quantitative estimate of drug-likeness (QED) is 0.643. The van der Waals surface area contributed by atoms with Crippen LogP contribution in [0.4, 0.5) is 11.4 Å². The Bertz CT molecular complexity index is 469. The van der Waals surface area contributed by atoms with Gasteiger partial charge in [-0.15, -0.1) is 0 Å². The van der Waals surface area contributed by atoms with Gasteiger partial charge in [-0.3, -0.25) is 15.0 Å². The highest BCUT2D eigenvalue weighted by atomic mass is 35.5. The molecule has 1 saturated heterocycles. The SMILES string of the molecule is O=[N+]([O-])c1cc(Cl)c(NCCN2CCNCC2)c(Cl)c1. The molecule has 8 heteroatoms. The van der Waals surface area contributed by atoms with Gasteiger partial charge >= 0.3 is 0 Å². The van der Waals surface area contributed by atoms with Gasteiger partial charge in [-0.2, -0.15) is 0 Å². The van der Waals surface area contributed by atoms with Gasteiger partial charge in [0.2, 0.25) is 0 Å². The maximum Gasteiger partial charge on any atom is 0.272 e. The number of nitro groups is 1. The monoisotopic (exact) mass is 318 g/mol. The van der Waals surface area contributed by atoms with E-state index in [0.717, 1.165) is 32.7 Å². The summed E-state index contributed by atoms with van der Waals surface area (Å²) in [4.78, 5) is 12.5. The van der Waals surface area contributed by atoms with Crippen LogP contribution >= 0.6 is 23.2 Å². The molecule has 0 spiro atoms. The molecule has 6 nitrogen and oxygen atoms in total. The summed E-state index contributed by atoms with van der Waals surface area (Å²) in [7, 11) is 0. The molecule has 1 fully saturated rings. The van der Waals surface area contributed by atoms with E-state index in [9.17, 15) is 10.1 Å². The van der Waals surface area contributed by atoms with Crippen molar-refractivity contribution >= 4 is 34.6 Å². The summed E-state index contributed by atoms with van der Waals surface area (Å²) in [5, 5.41) is 17.7. The summed E-state index contributed by atoms with van der Waals surface area (Å²) < 4.78 is 0. The zero-order valence-electron chi connectivity index (χ0n) is 10.9. The average molecular weight is 319 g/mol. The fraction of sp³-hybridized carbons (Fsp3) is 0.500. The van der Waals surface area contributed by atoms with Gasteiger partial charge in [0, 0.05) is 51.4 Å². The van der Waals surface area contributed by atoms with Crippen LogP contribution in [0.2, 0.25) is 10.0 Å². The van der Waals surface area contributed by atoms with Crippen LogP contribution in [0.5, 0.6) is 0 Å². The van der Waals surface area contributed by atoms with Crippen LogP contribution < -0.4 is 10.6 Å². The zero-order valence-corrected chi connectivity index (χ0v) is 12.4. The van der Waals surface area contributed by atoms with Crippen LogP contribution in [0.1, 0.15) is 0 Å². The first-order valence-corrected chi connectivity index (χ1v) is 7.14. The van der Waals surface area contributed by atoms with Crippen molar-refractivity contribution < 1.29 is 4.92 Å². The highest BCUT2D eigenvalue weighted by Crippen LogP contribution is 2.34. The van der Waals surface area contributed by atoms with E-state index in [1.165, 1.54) is 12.1 Å². The number of hydrogen-bond acceptors (Lipinski definition) is 5. The van der Waals surface area contributed by atoms with Crippen molar-refractivity contribution in [3.05, 3.63) is 32.3 Å². The van der Waals surface area contributed by atoms with Crippen LogP contribution in [0, 0.1) is 10.1 Å². The number of rotatable bonds is 5. The van der Waals surface area contributed by atoms with Crippen molar-refractivity contribution in [3.63, 3.8) is 0 Å². The molecule has 0 aromatic heterocycles. The molecular weight excluding hydrogens is 303 g/mol. The molecule has 1 aliphatic rings. The van der Waals surface area contributed by atoms with Crippen LogP contribution in [-0.2, 0) is 0 Å². The Balaban J connectivity index is 1.93. The molecule has 0 radical (unpaired) electrons. The number of non-ortho nitro benzene ring substituents is 1. The molecule has 1 aromatic carbocycles. The third kappa shape index (κ3) is 3.96. The molecule has 0 aliphatic carbocycles. The molecule has 1 aliphatic heterocycles. The van der Waals surface area contributed by atoms with E-state index in [4.69, 9.17) is 23.2 Å². The van der Waals surface area contributed by atoms with E-state index in [1.807, 2.05) is 0 Å². The number of halogens is 2. The van der Waals surface area contributed by atoms with Gasteiger partial charge in [-0.05, 0) is 0 Å². The molecular formula is C12H16Cl2N4O2. The van der Waals surface area contributed by atoms with E-state index >= 15 is 0 Å². The largest absolute Gasteiger partial charge is 0.381 e. The lowest BCUT2D eigenvalue weighted by Gasteiger charge is -2.27. The van der Waals surface area contributed by atoms with Crippen molar-refractivity contribution in [1.82, 2.24) is 10.2 Å². The Kier molecular flexibility index (Phi) is 5.42. The van der Waals surface area contributed by atoms with Crippen molar-refractivity contribution in [2.24, 2.45) is 0 Å². The summed E-state index contributed by atoms with van der Waals surface area (Å²) in [6, 6.07) is 2.61. The second kappa shape index (κ2) is 7.08. The minimum absolute atomic E-state index is 0.104.